The van der Waals surface area contributed by atoms with E-state index in [0.29, 0.717) is 13.2 Å². The van der Waals surface area contributed by atoms with Crippen molar-refractivity contribution in [2.75, 3.05) is 56.4 Å². The zero-order valence-electron chi connectivity index (χ0n) is 19.6. The number of hydrogen-bond acceptors (Lipinski definition) is 7. The number of anilines is 3. The van der Waals surface area contributed by atoms with Crippen LogP contribution in [0.15, 0.2) is 67.0 Å². The number of aromatic nitrogens is 1. The van der Waals surface area contributed by atoms with Crippen LogP contribution >= 0.6 is 0 Å². The van der Waals surface area contributed by atoms with Crippen molar-refractivity contribution in [2.45, 2.75) is 19.1 Å². The Morgan fingerprint density at radius 3 is 2.50 bits per heavy atom. The first-order valence-electron chi connectivity index (χ1n) is 11.8. The molecule has 0 N–H and O–H groups in total. The third-order valence-corrected chi connectivity index (χ3v) is 6.24. The van der Waals surface area contributed by atoms with Crippen molar-refractivity contribution in [3.8, 4) is 11.5 Å². The maximum Gasteiger partial charge on any atom is 0.163 e. The van der Waals surface area contributed by atoms with Gasteiger partial charge in [-0.25, -0.2) is 0 Å². The van der Waals surface area contributed by atoms with Crippen LogP contribution in [0.2, 0.25) is 0 Å². The summed E-state index contributed by atoms with van der Waals surface area (Å²) in [5.74, 6) is 1.45. The van der Waals surface area contributed by atoms with Crippen LogP contribution in [0.25, 0.3) is 0 Å². The zero-order valence-corrected chi connectivity index (χ0v) is 19.6. The molecule has 178 valence electrons. The second-order valence-corrected chi connectivity index (χ2v) is 8.50. The van der Waals surface area contributed by atoms with Gasteiger partial charge >= 0.3 is 0 Å². The highest BCUT2D eigenvalue weighted by Gasteiger charge is 2.21. The summed E-state index contributed by atoms with van der Waals surface area (Å²) in [5.41, 5.74) is 4.47. The van der Waals surface area contributed by atoms with Gasteiger partial charge in [-0.3, -0.25) is 4.98 Å². The van der Waals surface area contributed by atoms with Crippen molar-refractivity contribution in [1.82, 2.24) is 4.98 Å². The molecule has 2 aliphatic heterocycles. The van der Waals surface area contributed by atoms with Gasteiger partial charge in [-0.2, -0.15) is 0 Å². The number of ether oxygens (including phenoxy) is 4. The Labute approximate surface area is 200 Å². The zero-order chi connectivity index (χ0) is 23.2. The fourth-order valence-corrected chi connectivity index (χ4v) is 4.38. The van der Waals surface area contributed by atoms with Gasteiger partial charge in [0.15, 0.2) is 11.5 Å². The average molecular weight is 462 g/mol. The number of hydrogen-bond donors (Lipinski definition) is 0. The minimum Gasteiger partial charge on any atom is -0.493 e. The third-order valence-electron chi connectivity index (χ3n) is 6.24. The molecule has 0 amide bonds. The smallest absolute Gasteiger partial charge is 0.163 e. The molecular weight excluding hydrogens is 430 g/mol. The quantitative estimate of drug-likeness (QED) is 0.492. The van der Waals surface area contributed by atoms with Crippen LogP contribution in [0.1, 0.15) is 12.0 Å². The van der Waals surface area contributed by atoms with E-state index in [1.165, 1.54) is 5.69 Å². The number of methoxy groups -OCH3 is 1. The average Bonchev–Trinajstić information content (AvgIpc) is 3.42. The van der Waals surface area contributed by atoms with Gasteiger partial charge in [-0.05, 0) is 48.0 Å². The molecule has 5 rings (SSSR count). The summed E-state index contributed by atoms with van der Waals surface area (Å²) >= 11 is 0. The molecule has 34 heavy (non-hydrogen) atoms. The van der Waals surface area contributed by atoms with Crippen molar-refractivity contribution in [3.05, 3.63) is 72.6 Å². The Hall–Kier alpha value is -3.29. The van der Waals surface area contributed by atoms with Crippen molar-refractivity contribution in [3.63, 3.8) is 0 Å². The predicted octanol–water partition coefficient (Wildman–Crippen LogP) is 4.43. The molecule has 2 fully saturated rings. The van der Waals surface area contributed by atoms with Crippen molar-refractivity contribution in [1.29, 1.82) is 0 Å². The minimum absolute atomic E-state index is 0.0451. The minimum atomic E-state index is 0.0451. The van der Waals surface area contributed by atoms with Crippen LogP contribution in [-0.4, -0.2) is 57.7 Å². The Balaban J connectivity index is 1.46. The fraction of sp³-hybridized carbons (Fsp3) is 0.370. The van der Waals surface area contributed by atoms with E-state index >= 15 is 0 Å². The number of pyridine rings is 1. The summed E-state index contributed by atoms with van der Waals surface area (Å²) in [4.78, 5) is 8.95. The van der Waals surface area contributed by atoms with Gasteiger partial charge in [0.05, 0.1) is 33.5 Å². The maximum absolute atomic E-state index is 6.27. The van der Waals surface area contributed by atoms with E-state index in [1.54, 1.807) is 13.3 Å². The van der Waals surface area contributed by atoms with E-state index in [2.05, 4.69) is 57.2 Å². The summed E-state index contributed by atoms with van der Waals surface area (Å²) in [6.45, 7) is 5.41. The Morgan fingerprint density at radius 1 is 0.971 bits per heavy atom. The summed E-state index contributed by atoms with van der Waals surface area (Å²) in [5, 5.41) is 0. The lowest BCUT2D eigenvalue weighted by Gasteiger charge is -2.30. The van der Waals surface area contributed by atoms with Gasteiger partial charge in [0.1, 0.15) is 6.10 Å². The van der Waals surface area contributed by atoms with Crippen molar-refractivity contribution < 1.29 is 18.9 Å². The van der Waals surface area contributed by atoms with Crippen molar-refractivity contribution in [2.24, 2.45) is 0 Å². The highest BCUT2D eigenvalue weighted by atomic mass is 16.6. The fourth-order valence-electron chi connectivity index (χ4n) is 4.38. The molecule has 2 saturated heterocycles. The second-order valence-electron chi connectivity index (χ2n) is 8.50. The molecule has 7 nitrogen and oxygen atoms in total. The Kier molecular flexibility index (Phi) is 7.12. The lowest BCUT2D eigenvalue weighted by molar-refractivity contribution is 0.122. The molecule has 0 unspecified atom stereocenters. The molecule has 7 heteroatoms. The van der Waals surface area contributed by atoms with Crippen LogP contribution in [0, 0.1) is 0 Å². The summed E-state index contributed by atoms with van der Waals surface area (Å²) in [7, 11) is 1.67. The SMILES string of the molecule is COc1ccc(N(Cc2cccnc2)c2ccc(N3CCOCC3)cc2)cc1O[C@@H]1CCOC1. The van der Waals surface area contributed by atoms with E-state index in [1.807, 2.05) is 18.3 Å². The van der Waals surface area contributed by atoms with Gasteiger partial charge in [0.25, 0.3) is 0 Å². The number of nitrogens with zero attached hydrogens (tertiary/aromatic N) is 3. The van der Waals surface area contributed by atoms with Crippen LogP contribution < -0.4 is 19.3 Å². The number of benzene rings is 2. The lowest BCUT2D eigenvalue weighted by atomic mass is 10.1. The van der Waals surface area contributed by atoms with Gasteiger partial charge in [0.2, 0.25) is 0 Å². The first kappa shape index (κ1) is 22.5. The monoisotopic (exact) mass is 461 g/mol. The molecule has 3 aromatic rings. The summed E-state index contributed by atoms with van der Waals surface area (Å²) < 4.78 is 22.8. The largest absolute Gasteiger partial charge is 0.493 e. The van der Waals surface area contributed by atoms with E-state index in [4.69, 9.17) is 18.9 Å². The predicted molar refractivity (Wildman–Crippen MR) is 132 cm³/mol. The molecule has 2 aromatic carbocycles. The Bertz CT molecular complexity index is 1050. The molecule has 0 radical (unpaired) electrons. The summed E-state index contributed by atoms with van der Waals surface area (Å²) in [6.07, 6.45) is 4.64. The molecule has 0 saturated carbocycles. The molecule has 1 atom stereocenters. The number of morpholine rings is 1. The normalized spacial score (nSPS) is 18.0. The van der Waals surface area contributed by atoms with Crippen LogP contribution in [-0.2, 0) is 16.0 Å². The molecule has 0 spiro atoms. The van der Waals surface area contributed by atoms with E-state index in [0.717, 1.165) is 67.8 Å². The lowest BCUT2D eigenvalue weighted by Crippen LogP contribution is -2.36. The van der Waals surface area contributed by atoms with Gasteiger partial charge < -0.3 is 28.7 Å². The maximum atomic E-state index is 6.27. The highest BCUT2D eigenvalue weighted by Crippen LogP contribution is 2.37. The molecular formula is C27H31N3O4. The standard InChI is InChI=1S/C27H31N3O4/c1-31-26-9-8-24(17-27(26)34-25-10-14-33-20-25)30(19-21-3-2-11-28-18-21)23-6-4-22(5-7-23)29-12-15-32-16-13-29/h2-9,11,17-18,25H,10,12-16,19-20H2,1H3/t25-/m1/s1. The van der Waals surface area contributed by atoms with Crippen molar-refractivity contribution >= 4 is 17.1 Å². The van der Waals surface area contributed by atoms with Crippen LogP contribution in [0.4, 0.5) is 17.1 Å². The van der Waals surface area contributed by atoms with E-state index in [9.17, 15) is 0 Å². The third kappa shape index (κ3) is 5.26. The molecule has 3 heterocycles. The molecule has 2 aliphatic rings. The Morgan fingerprint density at radius 2 is 1.79 bits per heavy atom. The van der Waals surface area contributed by atoms with Gasteiger partial charge in [-0.1, -0.05) is 6.07 Å². The van der Waals surface area contributed by atoms with Gasteiger partial charge in [-0.15, -0.1) is 0 Å². The second kappa shape index (κ2) is 10.8. The molecule has 0 aliphatic carbocycles. The topological polar surface area (TPSA) is 56.3 Å². The van der Waals surface area contributed by atoms with Gasteiger partial charge in [0, 0.05) is 61.6 Å². The molecule has 1 aromatic heterocycles. The first-order valence-corrected chi connectivity index (χ1v) is 11.8. The van der Waals surface area contributed by atoms with E-state index < -0.39 is 0 Å². The first-order chi connectivity index (χ1) is 16.8. The number of rotatable bonds is 8. The van der Waals surface area contributed by atoms with E-state index in [-0.39, 0.29) is 6.10 Å². The summed E-state index contributed by atoms with van der Waals surface area (Å²) in [6, 6.07) is 18.9. The van der Waals surface area contributed by atoms with Crippen LogP contribution in [0.3, 0.4) is 0 Å². The highest BCUT2D eigenvalue weighted by molar-refractivity contribution is 5.68. The van der Waals surface area contributed by atoms with Crippen LogP contribution in [0.5, 0.6) is 11.5 Å². The molecule has 0 bridgehead atoms.